The summed E-state index contributed by atoms with van der Waals surface area (Å²) in [5.41, 5.74) is 4.81. The second-order valence-corrected chi connectivity index (χ2v) is 5.11. The van der Waals surface area contributed by atoms with Gasteiger partial charge in [0.25, 0.3) is 0 Å². The molecule has 21 heavy (non-hydrogen) atoms. The Hall–Kier alpha value is -2.89. The topological polar surface area (TPSA) is 71.4 Å². The average Bonchev–Trinajstić information content (AvgIpc) is 3.02. The van der Waals surface area contributed by atoms with Gasteiger partial charge in [0.05, 0.1) is 17.4 Å². The maximum absolute atomic E-state index is 4.50. The second-order valence-electron chi connectivity index (χ2n) is 5.11. The minimum absolute atomic E-state index is 0.709. The van der Waals surface area contributed by atoms with Crippen LogP contribution in [0.25, 0.3) is 22.1 Å². The summed E-state index contributed by atoms with van der Waals surface area (Å²) in [4.78, 5) is 8.84. The fourth-order valence-corrected chi connectivity index (χ4v) is 2.60. The molecule has 0 bridgehead atoms. The highest BCUT2D eigenvalue weighted by molar-refractivity contribution is 5.89. The minimum atomic E-state index is 0.709. The van der Waals surface area contributed by atoms with Crippen LogP contribution in [0.3, 0.4) is 0 Å². The van der Waals surface area contributed by atoms with Crippen LogP contribution in [0.5, 0.6) is 0 Å². The van der Waals surface area contributed by atoms with Gasteiger partial charge in [0.1, 0.15) is 11.2 Å². The van der Waals surface area contributed by atoms with Crippen molar-refractivity contribution in [1.29, 1.82) is 0 Å². The Balaban J connectivity index is 1.78. The summed E-state index contributed by atoms with van der Waals surface area (Å²) in [7, 11) is 2.00. The van der Waals surface area contributed by atoms with Crippen LogP contribution in [0.2, 0.25) is 0 Å². The van der Waals surface area contributed by atoms with Crippen LogP contribution in [0.1, 0.15) is 5.56 Å². The minimum Gasteiger partial charge on any atom is -0.336 e. The highest BCUT2D eigenvalue weighted by Gasteiger charge is 2.09. The zero-order valence-electron chi connectivity index (χ0n) is 11.8. The van der Waals surface area contributed by atoms with Crippen molar-refractivity contribution >= 4 is 33.6 Å². The van der Waals surface area contributed by atoms with Gasteiger partial charge in [-0.1, -0.05) is 0 Å². The van der Waals surface area contributed by atoms with Gasteiger partial charge in [-0.25, -0.2) is 4.98 Å². The number of aromatic nitrogens is 5. The van der Waals surface area contributed by atoms with Crippen molar-refractivity contribution in [2.75, 3.05) is 5.32 Å². The molecule has 104 valence electrons. The van der Waals surface area contributed by atoms with Crippen LogP contribution < -0.4 is 5.32 Å². The van der Waals surface area contributed by atoms with Crippen molar-refractivity contribution in [3.8, 4) is 0 Å². The Morgan fingerprint density at radius 3 is 3.10 bits per heavy atom. The zero-order valence-corrected chi connectivity index (χ0v) is 11.8. The van der Waals surface area contributed by atoms with E-state index in [0.717, 1.165) is 27.8 Å². The molecule has 0 aliphatic heterocycles. The van der Waals surface area contributed by atoms with Gasteiger partial charge in [0, 0.05) is 24.8 Å². The van der Waals surface area contributed by atoms with Crippen LogP contribution in [0.4, 0.5) is 11.5 Å². The van der Waals surface area contributed by atoms with E-state index in [1.54, 1.807) is 6.20 Å². The number of nitrogens with zero attached hydrogens (tertiary/aromatic N) is 4. The van der Waals surface area contributed by atoms with E-state index in [1.165, 1.54) is 5.56 Å². The van der Waals surface area contributed by atoms with Crippen LogP contribution in [-0.2, 0) is 7.05 Å². The van der Waals surface area contributed by atoms with Crippen molar-refractivity contribution in [1.82, 2.24) is 24.7 Å². The number of anilines is 2. The van der Waals surface area contributed by atoms with Crippen molar-refractivity contribution in [2.24, 2.45) is 7.05 Å². The number of aromatic amines is 1. The molecule has 0 radical (unpaired) electrons. The molecule has 0 aromatic carbocycles. The number of rotatable bonds is 2. The molecule has 0 aliphatic carbocycles. The van der Waals surface area contributed by atoms with Crippen LogP contribution in [0, 0.1) is 6.92 Å². The van der Waals surface area contributed by atoms with E-state index in [9.17, 15) is 0 Å². The number of pyridine rings is 2. The van der Waals surface area contributed by atoms with Gasteiger partial charge in [-0.05, 0) is 30.7 Å². The molecule has 4 heterocycles. The standard InChI is InChI=1S/C15H14N6/c1-9-8-21(2)15-11(9)6-10(7-17-15)18-14-13-12(19-20-14)4-3-5-16-13/h3-8H,1-2H3,(H2,18,19,20). The molecule has 6 heteroatoms. The summed E-state index contributed by atoms with van der Waals surface area (Å²) in [5.74, 6) is 0.709. The summed E-state index contributed by atoms with van der Waals surface area (Å²) in [6.45, 7) is 2.08. The molecule has 4 aromatic rings. The molecule has 0 aliphatic rings. The number of hydrogen-bond acceptors (Lipinski definition) is 4. The van der Waals surface area contributed by atoms with Crippen molar-refractivity contribution in [2.45, 2.75) is 6.92 Å². The molecule has 4 rings (SSSR count). The van der Waals surface area contributed by atoms with E-state index in [0.29, 0.717) is 5.82 Å². The van der Waals surface area contributed by atoms with E-state index in [2.05, 4.69) is 44.7 Å². The van der Waals surface area contributed by atoms with Gasteiger partial charge >= 0.3 is 0 Å². The largest absolute Gasteiger partial charge is 0.336 e. The predicted molar refractivity (Wildman–Crippen MR) is 82.6 cm³/mol. The van der Waals surface area contributed by atoms with Crippen LogP contribution in [-0.4, -0.2) is 24.7 Å². The van der Waals surface area contributed by atoms with Crippen molar-refractivity contribution in [3.63, 3.8) is 0 Å². The van der Waals surface area contributed by atoms with Gasteiger partial charge in [-0.15, -0.1) is 0 Å². The summed E-state index contributed by atoms with van der Waals surface area (Å²) in [6, 6.07) is 5.91. The first-order valence-electron chi connectivity index (χ1n) is 6.70. The van der Waals surface area contributed by atoms with Crippen LogP contribution >= 0.6 is 0 Å². The second kappa shape index (κ2) is 4.31. The molecule has 0 fully saturated rings. The SMILES string of the molecule is Cc1cn(C)c2ncc(Nc3n[nH]c4cccnc34)cc12. The molecule has 0 saturated heterocycles. The molecule has 0 unspecified atom stereocenters. The van der Waals surface area contributed by atoms with E-state index in [4.69, 9.17) is 0 Å². The maximum Gasteiger partial charge on any atom is 0.178 e. The molecule has 4 aromatic heterocycles. The number of fused-ring (bicyclic) bond motifs is 2. The third kappa shape index (κ3) is 1.84. The first kappa shape index (κ1) is 11.9. The molecule has 0 amide bonds. The number of H-pyrrole nitrogens is 1. The summed E-state index contributed by atoms with van der Waals surface area (Å²) in [5, 5.41) is 11.6. The molecular formula is C15H14N6. The number of aryl methyl sites for hydroxylation is 2. The zero-order chi connectivity index (χ0) is 14.4. The third-order valence-electron chi connectivity index (χ3n) is 3.60. The first-order chi connectivity index (χ1) is 10.2. The summed E-state index contributed by atoms with van der Waals surface area (Å²) >= 11 is 0. The molecule has 0 spiro atoms. The fourth-order valence-electron chi connectivity index (χ4n) is 2.60. The Morgan fingerprint density at radius 2 is 2.19 bits per heavy atom. The van der Waals surface area contributed by atoms with Crippen LogP contribution in [0.15, 0.2) is 36.8 Å². The first-order valence-corrected chi connectivity index (χ1v) is 6.70. The van der Waals surface area contributed by atoms with E-state index in [1.807, 2.05) is 29.9 Å². The molecule has 6 nitrogen and oxygen atoms in total. The Bertz CT molecular complexity index is 949. The van der Waals surface area contributed by atoms with Gasteiger partial charge in [0.15, 0.2) is 5.82 Å². The predicted octanol–water partition coefficient (Wildman–Crippen LogP) is 2.90. The van der Waals surface area contributed by atoms with Gasteiger partial charge in [-0.2, -0.15) is 5.10 Å². The number of hydrogen-bond donors (Lipinski definition) is 2. The third-order valence-corrected chi connectivity index (χ3v) is 3.60. The molecule has 2 N–H and O–H groups in total. The molecule has 0 atom stereocenters. The van der Waals surface area contributed by atoms with E-state index in [-0.39, 0.29) is 0 Å². The summed E-state index contributed by atoms with van der Waals surface area (Å²) in [6.07, 6.45) is 5.64. The van der Waals surface area contributed by atoms with E-state index >= 15 is 0 Å². The normalized spacial score (nSPS) is 11.3. The molecular weight excluding hydrogens is 264 g/mol. The number of nitrogens with one attached hydrogen (secondary N) is 2. The molecule has 0 saturated carbocycles. The highest BCUT2D eigenvalue weighted by atomic mass is 15.2. The van der Waals surface area contributed by atoms with Gasteiger partial charge in [0.2, 0.25) is 0 Å². The van der Waals surface area contributed by atoms with Crippen molar-refractivity contribution < 1.29 is 0 Å². The lowest BCUT2D eigenvalue weighted by Crippen LogP contribution is -1.94. The Morgan fingerprint density at radius 1 is 1.29 bits per heavy atom. The lowest BCUT2D eigenvalue weighted by Gasteiger charge is -2.03. The quantitative estimate of drug-likeness (QED) is 0.591. The highest BCUT2D eigenvalue weighted by Crippen LogP contribution is 2.25. The van der Waals surface area contributed by atoms with Crippen molar-refractivity contribution in [3.05, 3.63) is 42.4 Å². The average molecular weight is 278 g/mol. The fraction of sp³-hybridized carbons (Fsp3) is 0.133. The Kier molecular flexibility index (Phi) is 2.44. The lowest BCUT2D eigenvalue weighted by atomic mass is 10.2. The maximum atomic E-state index is 4.50. The summed E-state index contributed by atoms with van der Waals surface area (Å²) < 4.78 is 2.03. The van der Waals surface area contributed by atoms with Gasteiger partial charge < -0.3 is 9.88 Å². The Labute approximate surface area is 120 Å². The van der Waals surface area contributed by atoms with Gasteiger partial charge in [-0.3, -0.25) is 10.1 Å². The monoisotopic (exact) mass is 278 g/mol. The smallest absolute Gasteiger partial charge is 0.178 e. The van der Waals surface area contributed by atoms with E-state index < -0.39 is 0 Å². The lowest BCUT2D eigenvalue weighted by molar-refractivity contribution is 0.944.